The molecule has 0 aliphatic rings. The second-order valence-corrected chi connectivity index (χ2v) is 3.56. The van der Waals surface area contributed by atoms with Gasteiger partial charge in [-0.15, -0.1) is 0 Å². The van der Waals surface area contributed by atoms with Crippen molar-refractivity contribution >= 4 is 43.0 Å². The Morgan fingerprint density at radius 1 is 0.833 bits per heavy atom. The largest absolute Gasteiger partial charge is 0.289 e. The van der Waals surface area contributed by atoms with Gasteiger partial charge in [-0.3, -0.25) is 4.79 Å². The Morgan fingerprint density at radius 3 is 1.78 bits per heavy atom. The van der Waals surface area contributed by atoms with Crippen LogP contribution in [0.4, 0.5) is 0 Å². The van der Waals surface area contributed by atoms with E-state index in [-0.39, 0.29) is 13.2 Å². The molecule has 0 atom stereocenters. The van der Waals surface area contributed by atoms with Gasteiger partial charge < -0.3 is 0 Å². The molecule has 18 heavy (non-hydrogen) atoms. The molecule has 0 bridgehead atoms. The molecule has 3 heteroatoms. The van der Waals surface area contributed by atoms with Crippen LogP contribution in [0.25, 0.3) is 0 Å². The monoisotopic (exact) mass is 466 g/mol. The van der Waals surface area contributed by atoms with Gasteiger partial charge in [0.25, 0.3) is 0 Å². The molecule has 0 aromatic heterocycles. The minimum absolute atomic E-state index is 0. The van der Waals surface area contributed by atoms with E-state index in [0.717, 1.165) is 11.1 Å². The van der Waals surface area contributed by atoms with E-state index in [0.29, 0.717) is 0 Å². The van der Waals surface area contributed by atoms with Gasteiger partial charge in [-0.2, -0.15) is 0 Å². The number of aryl methyl sites for hydroxylation is 1. The summed E-state index contributed by atoms with van der Waals surface area (Å²) in [5.74, 6) is 0.0793. The smallest absolute Gasteiger partial charge is 0.193 e. The molecule has 0 radical (unpaired) electrons. The number of carbonyl (C=O) groups excluding carboxylic acids is 1. The molecular formula is C15H16I2O. The minimum atomic E-state index is 0. The zero-order valence-electron chi connectivity index (χ0n) is 9.36. The molecule has 0 heterocycles. The predicted molar refractivity (Wildman–Crippen MR) is 95.8 cm³/mol. The van der Waals surface area contributed by atoms with Gasteiger partial charge in [0.2, 0.25) is 0 Å². The first-order chi connectivity index (χ1) is 8.27. The van der Waals surface area contributed by atoms with Crippen LogP contribution in [0.2, 0.25) is 0 Å². The molecule has 2 aromatic carbocycles. The number of benzene rings is 2. The average molecular weight is 466 g/mol. The van der Waals surface area contributed by atoms with Crippen molar-refractivity contribution in [3.8, 4) is 0 Å². The second-order valence-electron chi connectivity index (χ2n) is 3.56. The van der Waals surface area contributed by atoms with Crippen LogP contribution < -0.4 is 0 Å². The van der Waals surface area contributed by atoms with Crippen molar-refractivity contribution in [1.29, 1.82) is 0 Å². The summed E-state index contributed by atoms with van der Waals surface area (Å²) in [5.41, 5.74) is 2.65. The van der Waals surface area contributed by atoms with Crippen LogP contribution in [-0.4, -0.2) is 5.78 Å². The van der Waals surface area contributed by atoms with Gasteiger partial charge in [-0.25, -0.2) is 0 Å². The van der Waals surface area contributed by atoms with Crippen LogP contribution in [0.1, 0.15) is 28.9 Å². The fourth-order valence-corrected chi connectivity index (χ4v) is 1.46. The standard InChI is InChI=1S/C14H12O.CH4.I2/c1-11-7-9-13(10-8-11)14(15)12-5-3-2-4-6-12;;1-2/h2-10H,1H3;1H4;. The summed E-state index contributed by atoms with van der Waals surface area (Å²) >= 11 is 4.24. The molecule has 2 aromatic rings. The maximum absolute atomic E-state index is 12.0. The lowest BCUT2D eigenvalue weighted by atomic mass is 10.0. The van der Waals surface area contributed by atoms with Crippen LogP contribution in [0.3, 0.4) is 0 Å². The van der Waals surface area contributed by atoms with Gasteiger partial charge in [0, 0.05) is 48.4 Å². The molecule has 0 amide bonds. The number of carbonyl (C=O) groups is 1. The number of hydrogen-bond donors (Lipinski definition) is 0. The SMILES string of the molecule is C.Cc1ccc(C(=O)c2ccccc2)cc1.II. The van der Waals surface area contributed by atoms with Crippen molar-refractivity contribution in [1.82, 2.24) is 0 Å². The van der Waals surface area contributed by atoms with Crippen molar-refractivity contribution in [2.24, 2.45) is 0 Å². The maximum atomic E-state index is 12.0. The second kappa shape index (κ2) is 9.49. The Labute approximate surface area is 132 Å². The molecule has 0 aliphatic heterocycles. The molecule has 0 saturated heterocycles. The van der Waals surface area contributed by atoms with Crippen LogP contribution in [0.15, 0.2) is 54.6 Å². The summed E-state index contributed by atoms with van der Waals surface area (Å²) in [6, 6.07) is 17.0. The van der Waals surface area contributed by atoms with Crippen molar-refractivity contribution in [2.75, 3.05) is 0 Å². The fourth-order valence-electron chi connectivity index (χ4n) is 1.46. The van der Waals surface area contributed by atoms with Gasteiger partial charge in [0.1, 0.15) is 0 Å². The highest BCUT2D eigenvalue weighted by molar-refractivity contribution is 15.0. The maximum Gasteiger partial charge on any atom is 0.193 e. The van der Waals surface area contributed by atoms with Crippen molar-refractivity contribution in [3.05, 3.63) is 71.3 Å². The zero-order chi connectivity index (χ0) is 12.7. The third-order valence-corrected chi connectivity index (χ3v) is 2.35. The van der Waals surface area contributed by atoms with E-state index in [2.05, 4.69) is 37.2 Å². The van der Waals surface area contributed by atoms with E-state index < -0.39 is 0 Å². The normalized spacial score (nSPS) is 8.61. The van der Waals surface area contributed by atoms with Crippen molar-refractivity contribution < 1.29 is 4.79 Å². The number of halogens is 2. The highest BCUT2D eigenvalue weighted by Gasteiger charge is 2.06. The van der Waals surface area contributed by atoms with E-state index in [9.17, 15) is 4.79 Å². The van der Waals surface area contributed by atoms with Crippen LogP contribution in [-0.2, 0) is 0 Å². The molecule has 0 spiro atoms. The molecule has 2 rings (SSSR count). The Balaban J connectivity index is 0.000000917. The summed E-state index contributed by atoms with van der Waals surface area (Å²) in [6.07, 6.45) is 0. The van der Waals surface area contributed by atoms with Gasteiger partial charge >= 0.3 is 0 Å². The number of ketones is 1. The summed E-state index contributed by atoms with van der Waals surface area (Å²) in [4.78, 5) is 12.0. The summed E-state index contributed by atoms with van der Waals surface area (Å²) in [7, 11) is 0. The third-order valence-electron chi connectivity index (χ3n) is 2.35. The molecule has 96 valence electrons. The first-order valence-corrected chi connectivity index (χ1v) is 11.4. The van der Waals surface area contributed by atoms with Crippen LogP contribution in [0, 0.1) is 6.92 Å². The molecule has 0 saturated carbocycles. The average Bonchev–Trinajstić information content (AvgIpc) is 2.42. The first-order valence-electron chi connectivity index (χ1n) is 5.08. The van der Waals surface area contributed by atoms with Crippen molar-refractivity contribution in [3.63, 3.8) is 0 Å². The lowest BCUT2D eigenvalue weighted by Gasteiger charge is -2.00. The first kappa shape index (κ1) is 17.6. The Bertz CT molecular complexity index is 464. The highest BCUT2D eigenvalue weighted by Crippen LogP contribution is 2.10. The van der Waals surface area contributed by atoms with E-state index in [1.165, 1.54) is 5.56 Å². The third kappa shape index (κ3) is 5.06. The Hall–Kier alpha value is -0.430. The number of hydrogen-bond acceptors (Lipinski definition) is 1. The molecule has 0 fully saturated rings. The van der Waals surface area contributed by atoms with Gasteiger partial charge in [0.15, 0.2) is 5.78 Å². The Kier molecular flexibility index (Phi) is 9.27. The predicted octanol–water partition coefficient (Wildman–Crippen LogP) is 5.63. The lowest BCUT2D eigenvalue weighted by molar-refractivity contribution is 0.103. The van der Waals surface area contributed by atoms with E-state index in [1.54, 1.807) is 0 Å². The van der Waals surface area contributed by atoms with Gasteiger partial charge in [-0.1, -0.05) is 67.6 Å². The zero-order valence-corrected chi connectivity index (χ0v) is 13.7. The minimum Gasteiger partial charge on any atom is -0.289 e. The summed E-state index contributed by atoms with van der Waals surface area (Å²) < 4.78 is 0. The summed E-state index contributed by atoms with van der Waals surface area (Å²) in [5, 5.41) is 0. The highest BCUT2D eigenvalue weighted by atomic mass is 128. The summed E-state index contributed by atoms with van der Waals surface area (Å²) in [6.45, 7) is 2.01. The molecule has 0 N–H and O–H groups in total. The van der Waals surface area contributed by atoms with Crippen molar-refractivity contribution in [2.45, 2.75) is 14.4 Å². The molecular weight excluding hydrogens is 450 g/mol. The Morgan fingerprint density at radius 2 is 1.28 bits per heavy atom. The van der Waals surface area contributed by atoms with Gasteiger partial charge in [0.05, 0.1) is 0 Å². The number of rotatable bonds is 2. The molecule has 0 unspecified atom stereocenters. The fraction of sp³-hybridized carbons (Fsp3) is 0.133. The quantitative estimate of drug-likeness (QED) is 0.414. The lowest BCUT2D eigenvalue weighted by Crippen LogP contribution is -2.00. The van der Waals surface area contributed by atoms with Crippen LogP contribution in [0.5, 0.6) is 0 Å². The topological polar surface area (TPSA) is 17.1 Å². The van der Waals surface area contributed by atoms with Crippen LogP contribution >= 0.6 is 37.2 Å². The van der Waals surface area contributed by atoms with Gasteiger partial charge in [-0.05, 0) is 6.92 Å². The van der Waals surface area contributed by atoms with E-state index in [4.69, 9.17) is 0 Å². The van der Waals surface area contributed by atoms with E-state index >= 15 is 0 Å². The molecule has 1 nitrogen and oxygen atoms in total. The van der Waals surface area contributed by atoms with E-state index in [1.807, 2.05) is 61.5 Å². The molecule has 0 aliphatic carbocycles.